The molecule has 80 valence electrons. The number of rotatable bonds is 5. The predicted octanol–water partition coefficient (Wildman–Crippen LogP) is 3.58. The van der Waals surface area contributed by atoms with E-state index in [1.807, 2.05) is 13.8 Å². The van der Waals surface area contributed by atoms with Crippen LogP contribution in [0, 0.1) is 13.8 Å². The smallest absolute Gasteiger partial charge is 0.183 e. The highest BCUT2D eigenvalue weighted by Gasteiger charge is 2.02. The lowest BCUT2D eigenvalue weighted by molar-refractivity contribution is 0.750. The highest BCUT2D eigenvalue weighted by molar-refractivity contribution is 7.15. The maximum absolute atomic E-state index is 5.85. The number of halogens is 1. The molecule has 4 heteroatoms. The number of nitrogens with zero attached hydrogens (tertiary/aromatic N) is 1. The van der Waals surface area contributed by atoms with E-state index in [1.54, 1.807) is 11.3 Å². The molecule has 0 radical (unpaired) electrons. The van der Waals surface area contributed by atoms with Gasteiger partial charge in [-0.3, -0.25) is 0 Å². The van der Waals surface area contributed by atoms with Crippen molar-refractivity contribution in [3.8, 4) is 0 Å². The minimum Gasteiger partial charge on any atom is -0.362 e. The summed E-state index contributed by atoms with van der Waals surface area (Å²) in [5.74, 6) is 0. The fraction of sp³-hybridized carbons (Fsp3) is 0.700. The molecule has 1 N–H and O–H groups in total. The van der Waals surface area contributed by atoms with Gasteiger partial charge < -0.3 is 5.32 Å². The van der Waals surface area contributed by atoms with Crippen molar-refractivity contribution in [2.24, 2.45) is 0 Å². The lowest BCUT2D eigenvalue weighted by Gasteiger charge is -2.03. The zero-order valence-corrected chi connectivity index (χ0v) is 10.5. The fourth-order valence-electron chi connectivity index (χ4n) is 1.13. The first-order valence-electron chi connectivity index (χ1n) is 4.91. The van der Waals surface area contributed by atoms with E-state index < -0.39 is 0 Å². The number of aromatic nitrogens is 1. The molecule has 1 heterocycles. The number of aryl methyl sites for hydroxylation is 2. The summed E-state index contributed by atoms with van der Waals surface area (Å²) in [6.45, 7) is 7.12. The van der Waals surface area contributed by atoms with Gasteiger partial charge in [0, 0.05) is 16.8 Å². The van der Waals surface area contributed by atoms with Crippen LogP contribution in [0.3, 0.4) is 0 Å². The molecule has 0 aliphatic carbocycles. The average Bonchev–Trinajstić information content (AvgIpc) is 2.40. The van der Waals surface area contributed by atoms with Crippen LogP contribution in [0.25, 0.3) is 0 Å². The molecule has 1 rings (SSSR count). The Kier molecular flexibility index (Phi) is 4.69. The summed E-state index contributed by atoms with van der Waals surface area (Å²) in [6.07, 6.45) is 2.15. The molecule has 2 nitrogen and oxygen atoms in total. The van der Waals surface area contributed by atoms with Gasteiger partial charge in [-0.2, -0.15) is 0 Å². The molecule has 0 aromatic carbocycles. The Labute approximate surface area is 94.7 Å². The van der Waals surface area contributed by atoms with E-state index in [1.165, 1.54) is 4.88 Å². The Morgan fingerprint density at radius 3 is 2.71 bits per heavy atom. The molecule has 0 saturated carbocycles. The molecule has 0 spiro atoms. The van der Waals surface area contributed by atoms with E-state index in [4.69, 9.17) is 11.6 Å². The highest BCUT2D eigenvalue weighted by atomic mass is 35.5. The number of nitrogens with one attached hydrogen (secondary N) is 1. The third-order valence-corrected chi connectivity index (χ3v) is 3.33. The van der Waals surface area contributed by atoms with E-state index in [2.05, 4.69) is 17.2 Å². The molecular formula is C10H17ClN2S. The van der Waals surface area contributed by atoms with Crippen molar-refractivity contribution in [3.63, 3.8) is 0 Å². The maximum Gasteiger partial charge on any atom is 0.183 e. The Morgan fingerprint density at radius 1 is 1.50 bits per heavy atom. The maximum atomic E-state index is 5.85. The van der Waals surface area contributed by atoms with Gasteiger partial charge in [-0.05, 0) is 33.6 Å². The van der Waals surface area contributed by atoms with Crippen molar-refractivity contribution in [1.29, 1.82) is 0 Å². The van der Waals surface area contributed by atoms with Gasteiger partial charge in [-0.1, -0.05) is 0 Å². The van der Waals surface area contributed by atoms with Crippen LogP contribution in [0.1, 0.15) is 30.3 Å². The summed E-state index contributed by atoms with van der Waals surface area (Å²) in [5.41, 5.74) is 1.13. The third kappa shape index (κ3) is 3.84. The SMILES string of the molecule is Cc1nc(NCCCC(C)Cl)sc1C. The van der Waals surface area contributed by atoms with Gasteiger partial charge in [0.1, 0.15) is 0 Å². The Morgan fingerprint density at radius 2 is 2.21 bits per heavy atom. The quantitative estimate of drug-likeness (QED) is 0.620. The monoisotopic (exact) mass is 232 g/mol. The van der Waals surface area contributed by atoms with Gasteiger partial charge in [0.2, 0.25) is 0 Å². The minimum absolute atomic E-state index is 0.275. The number of thiazole rings is 1. The van der Waals surface area contributed by atoms with E-state index in [0.717, 1.165) is 30.2 Å². The van der Waals surface area contributed by atoms with Crippen LogP contribution in [0.5, 0.6) is 0 Å². The first-order valence-corrected chi connectivity index (χ1v) is 6.17. The number of hydrogen-bond acceptors (Lipinski definition) is 3. The molecule has 0 amide bonds. The summed E-state index contributed by atoms with van der Waals surface area (Å²) in [6, 6.07) is 0. The molecule has 14 heavy (non-hydrogen) atoms. The second kappa shape index (κ2) is 5.56. The second-order valence-corrected chi connectivity index (χ2v) is 5.46. The van der Waals surface area contributed by atoms with Crippen molar-refractivity contribution >= 4 is 28.1 Å². The van der Waals surface area contributed by atoms with Gasteiger partial charge >= 0.3 is 0 Å². The average molecular weight is 233 g/mol. The molecule has 1 atom stereocenters. The van der Waals surface area contributed by atoms with Crippen molar-refractivity contribution in [2.45, 2.75) is 39.0 Å². The van der Waals surface area contributed by atoms with Crippen LogP contribution in [0.4, 0.5) is 5.13 Å². The van der Waals surface area contributed by atoms with E-state index in [0.29, 0.717) is 0 Å². The van der Waals surface area contributed by atoms with Gasteiger partial charge in [0.05, 0.1) is 5.69 Å². The Hall–Kier alpha value is -0.280. The summed E-state index contributed by atoms with van der Waals surface area (Å²) in [5, 5.41) is 4.61. The van der Waals surface area contributed by atoms with Gasteiger partial charge in [0.15, 0.2) is 5.13 Å². The van der Waals surface area contributed by atoms with Crippen molar-refractivity contribution in [2.75, 3.05) is 11.9 Å². The lowest BCUT2D eigenvalue weighted by Crippen LogP contribution is -2.03. The van der Waals surface area contributed by atoms with E-state index in [9.17, 15) is 0 Å². The highest BCUT2D eigenvalue weighted by Crippen LogP contribution is 2.20. The van der Waals surface area contributed by atoms with Crippen LogP contribution in [0.2, 0.25) is 0 Å². The molecule has 1 aromatic heterocycles. The normalized spacial score (nSPS) is 12.9. The molecule has 0 bridgehead atoms. The Bertz CT molecular complexity index is 264. The van der Waals surface area contributed by atoms with Crippen molar-refractivity contribution < 1.29 is 0 Å². The largest absolute Gasteiger partial charge is 0.362 e. The molecule has 0 fully saturated rings. The van der Waals surface area contributed by atoms with E-state index >= 15 is 0 Å². The molecule has 1 aromatic rings. The van der Waals surface area contributed by atoms with Crippen molar-refractivity contribution in [1.82, 2.24) is 4.98 Å². The van der Waals surface area contributed by atoms with Crippen LogP contribution in [0.15, 0.2) is 0 Å². The van der Waals surface area contributed by atoms with Gasteiger partial charge in [0.25, 0.3) is 0 Å². The minimum atomic E-state index is 0.275. The summed E-state index contributed by atoms with van der Waals surface area (Å²) >= 11 is 7.57. The first kappa shape index (κ1) is 11.8. The molecule has 0 aliphatic heterocycles. The number of hydrogen-bond donors (Lipinski definition) is 1. The third-order valence-electron chi connectivity index (χ3n) is 2.08. The topological polar surface area (TPSA) is 24.9 Å². The van der Waals surface area contributed by atoms with Crippen LogP contribution in [-0.2, 0) is 0 Å². The van der Waals surface area contributed by atoms with Gasteiger partial charge in [-0.15, -0.1) is 22.9 Å². The molecule has 1 unspecified atom stereocenters. The molecule has 0 saturated heterocycles. The van der Waals surface area contributed by atoms with Crippen LogP contribution < -0.4 is 5.32 Å². The van der Waals surface area contributed by atoms with Crippen LogP contribution >= 0.6 is 22.9 Å². The van der Waals surface area contributed by atoms with Crippen molar-refractivity contribution in [3.05, 3.63) is 10.6 Å². The van der Waals surface area contributed by atoms with Gasteiger partial charge in [-0.25, -0.2) is 4.98 Å². The summed E-state index contributed by atoms with van der Waals surface area (Å²) in [7, 11) is 0. The first-order chi connectivity index (χ1) is 6.59. The zero-order chi connectivity index (χ0) is 10.6. The standard InChI is InChI=1S/C10H17ClN2S/c1-7(11)5-4-6-12-10-13-8(2)9(3)14-10/h7H,4-6H2,1-3H3,(H,12,13). The van der Waals surface area contributed by atoms with E-state index in [-0.39, 0.29) is 5.38 Å². The second-order valence-electron chi connectivity index (χ2n) is 3.51. The van der Waals surface area contributed by atoms with Crippen LogP contribution in [-0.4, -0.2) is 16.9 Å². The molecular weight excluding hydrogens is 216 g/mol. The lowest BCUT2D eigenvalue weighted by atomic mass is 10.2. The Balaban J connectivity index is 2.25. The molecule has 0 aliphatic rings. The summed E-state index contributed by atoms with van der Waals surface area (Å²) in [4.78, 5) is 5.69. The fourth-order valence-corrected chi connectivity index (χ4v) is 2.12. The number of alkyl halides is 1. The number of anilines is 1. The predicted molar refractivity (Wildman–Crippen MR) is 64.6 cm³/mol. The summed E-state index contributed by atoms with van der Waals surface area (Å²) < 4.78 is 0. The zero-order valence-electron chi connectivity index (χ0n) is 8.93.